The number of quaternary nitrogens is 1. The molecule has 0 aromatic rings. The molecule has 0 aromatic heterocycles. The van der Waals surface area contributed by atoms with Gasteiger partial charge in [-0.15, -0.1) is 0 Å². The Morgan fingerprint density at radius 3 is 1.17 bits per heavy atom. The van der Waals surface area contributed by atoms with Crippen molar-refractivity contribution in [2.45, 2.75) is 341 Å². The van der Waals surface area contributed by atoms with Gasteiger partial charge in [0, 0.05) is 12.8 Å². The third-order valence-corrected chi connectivity index (χ3v) is 15.8. The highest BCUT2D eigenvalue weighted by Gasteiger charge is 2.27. The number of nitrogens with zero attached hydrogens (tertiary/aromatic N) is 1. The van der Waals surface area contributed by atoms with Crippen LogP contribution in [0.3, 0.4) is 0 Å². The van der Waals surface area contributed by atoms with Gasteiger partial charge < -0.3 is 28.5 Å². The van der Waals surface area contributed by atoms with E-state index in [2.05, 4.69) is 38.2 Å². The molecule has 3 unspecified atom stereocenters. The predicted octanol–water partition coefficient (Wildman–Crippen LogP) is 19.5. The van der Waals surface area contributed by atoms with Crippen LogP contribution in [0.2, 0.25) is 0 Å². The summed E-state index contributed by atoms with van der Waals surface area (Å²) < 4.78 is 30.3. The number of phosphoric acid groups is 1. The second-order valence-corrected chi connectivity index (χ2v) is 25.0. The normalized spacial score (nSPS) is 13.7. The van der Waals surface area contributed by atoms with E-state index in [0.717, 1.165) is 83.5 Å². The number of hydrogen-bond donors (Lipinski definition) is 1. The Morgan fingerprint density at radius 1 is 0.453 bits per heavy atom. The summed E-state index contributed by atoms with van der Waals surface area (Å²) in [5.41, 5.74) is 0. The standard InChI is InChI=1S/C65H127N2O7P/c1-7-10-13-16-19-22-25-27-28-29-30-31-32-33-34-35-36-37-38-40-43-46-49-52-55-58-65(69)74-63(56-53-50-47-44-42-39-26-23-20-17-14-11-8-2)62(61-73-75(70,71)72-60-59-67(4,5)6)66-64(68)57-54-51-48-45-41-24-21-18-15-12-9-3/h18,21,53,56,62-63H,7-17,19-20,22-52,54-55,57-61H2,1-6H3,(H-,66,68,70,71)/b21-18-,56-53-. The van der Waals surface area contributed by atoms with Crippen LogP contribution < -0.4 is 10.2 Å². The number of unbranched alkanes of at least 4 members (excludes halogenated alkanes) is 42. The number of carbonyl (C=O) groups excluding carboxylic acids is 2. The number of phosphoric ester groups is 1. The molecule has 0 saturated carbocycles. The van der Waals surface area contributed by atoms with Crippen LogP contribution in [0.1, 0.15) is 329 Å². The number of amides is 1. The van der Waals surface area contributed by atoms with E-state index in [4.69, 9.17) is 13.8 Å². The van der Waals surface area contributed by atoms with E-state index in [9.17, 15) is 19.0 Å². The maximum Gasteiger partial charge on any atom is 0.306 e. The van der Waals surface area contributed by atoms with Gasteiger partial charge in [-0.05, 0) is 51.0 Å². The van der Waals surface area contributed by atoms with Crippen molar-refractivity contribution in [3.63, 3.8) is 0 Å². The van der Waals surface area contributed by atoms with Gasteiger partial charge >= 0.3 is 5.97 Å². The number of rotatable bonds is 60. The molecule has 1 N–H and O–H groups in total. The first-order valence-corrected chi connectivity index (χ1v) is 34.1. The summed E-state index contributed by atoms with van der Waals surface area (Å²) in [6, 6.07) is -0.886. The first-order chi connectivity index (χ1) is 36.4. The van der Waals surface area contributed by atoms with Gasteiger partial charge in [0.05, 0.1) is 33.8 Å². The minimum absolute atomic E-state index is 0.0205. The van der Waals surface area contributed by atoms with E-state index in [1.54, 1.807) is 0 Å². The average molecular weight is 1080 g/mol. The summed E-state index contributed by atoms with van der Waals surface area (Å²) in [5, 5.41) is 3.02. The molecule has 9 nitrogen and oxygen atoms in total. The van der Waals surface area contributed by atoms with Crippen molar-refractivity contribution in [2.75, 3.05) is 40.9 Å². The van der Waals surface area contributed by atoms with Crippen molar-refractivity contribution in [2.24, 2.45) is 0 Å². The maximum absolute atomic E-state index is 13.5. The van der Waals surface area contributed by atoms with Crippen LogP contribution in [0.15, 0.2) is 24.3 Å². The first-order valence-electron chi connectivity index (χ1n) is 32.6. The van der Waals surface area contributed by atoms with E-state index < -0.39 is 20.0 Å². The van der Waals surface area contributed by atoms with Crippen LogP contribution >= 0.6 is 7.82 Å². The lowest BCUT2D eigenvalue weighted by Crippen LogP contribution is -2.47. The molecule has 0 saturated heterocycles. The molecular weight excluding hydrogens is 952 g/mol. The van der Waals surface area contributed by atoms with Gasteiger partial charge in [0.15, 0.2) is 0 Å². The molecule has 3 atom stereocenters. The molecule has 0 aromatic carbocycles. The number of allylic oxidation sites excluding steroid dienone is 3. The fourth-order valence-electron chi connectivity index (χ4n) is 9.80. The van der Waals surface area contributed by atoms with Gasteiger partial charge in [0.2, 0.25) is 5.91 Å². The zero-order valence-electron chi connectivity index (χ0n) is 50.8. The monoisotopic (exact) mass is 1080 g/mol. The Morgan fingerprint density at radius 2 is 0.787 bits per heavy atom. The summed E-state index contributed by atoms with van der Waals surface area (Å²) in [4.78, 5) is 39.9. The van der Waals surface area contributed by atoms with Crippen LogP contribution in [0.5, 0.6) is 0 Å². The van der Waals surface area contributed by atoms with Crippen LogP contribution in [0.4, 0.5) is 0 Å². The minimum atomic E-state index is -4.69. The van der Waals surface area contributed by atoms with Crippen LogP contribution in [0.25, 0.3) is 0 Å². The van der Waals surface area contributed by atoms with Gasteiger partial charge in [-0.2, -0.15) is 0 Å². The highest BCUT2D eigenvalue weighted by molar-refractivity contribution is 7.45. The van der Waals surface area contributed by atoms with E-state index in [-0.39, 0.29) is 31.5 Å². The van der Waals surface area contributed by atoms with Crippen molar-refractivity contribution in [3.8, 4) is 0 Å². The topological polar surface area (TPSA) is 114 Å². The molecule has 444 valence electrons. The molecule has 0 bridgehead atoms. The number of carbonyl (C=O) groups is 2. The van der Waals surface area contributed by atoms with Crippen molar-refractivity contribution < 1.29 is 37.3 Å². The fraction of sp³-hybridized carbons (Fsp3) is 0.908. The lowest BCUT2D eigenvalue weighted by molar-refractivity contribution is -0.870. The second kappa shape index (κ2) is 55.8. The number of hydrogen-bond acceptors (Lipinski definition) is 7. The maximum atomic E-state index is 13.5. The summed E-state index contributed by atoms with van der Waals surface area (Å²) in [6.07, 6.45) is 65.9. The molecule has 0 aliphatic carbocycles. The molecule has 0 rings (SSSR count). The highest BCUT2D eigenvalue weighted by Crippen LogP contribution is 2.38. The van der Waals surface area contributed by atoms with Crippen molar-refractivity contribution in [1.82, 2.24) is 5.32 Å². The highest BCUT2D eigenvalue weighted by atomic mass is 31.2. The SMILES string of the molecule is CCCC/C=C\CCCCCCCC(=O)NC(COP(=O)([O-])OCC[N+](C)(C)C)C(/C=C\CCCCCCCCCCCCC)OC(=O)CCCCCCCCCCCCCCCCCCCCCCCCCCC. The van der Waals surface area contributed by atoms with Gasteiger partial charge in [-0.3, -0.25) is 14.2 Å². The predicted molar refractivity (Wildman–Crippen MR) is 321 cm³/mol. The number of esters is 1. The second-order valence-electron chi connectivity index (χ2n) is 23.6. The van der Waals surface area contributed by atoms with Crippen LogP contribution in [0, 0.1) is 0 Å². The lowest BCUT2D eigenvalue weighted by atomic mass is 10.0. The Bertz CT molecular complexity index is 1340. The summed E-state index contributed by atoms with van der Waals surface area (Å²) >= 11 is 0. The van der Waals surface area contributed by atoms with Crippen molar-refractivity contribution >= 4 is 19.7 Å². The van der Waals surface area contributed by atoms with E-state index in [1.807, 2.05) is 33.3 Å². The first kappa shape index (κ1) is 73.5. The third kappa shape index (κ3) is 57.0. The zero-order valence-corrected chi connectivity index (χ0v) is 51.7. The van der Waals surface area contributed by atoms with Gasteiger partial charge in [0.25, 0.3) is 7.82 Å². The molecular formula is C65H127N2O7P. The largest absolute Gasteiger partial charge is 0.756 e. The average Bonchev–Trinajstić information content (AvgIpc) is 3.37. The third-order valence-electron chi connectivity index (χ3n) is 14.9. The van der Waals surface area contributed by atoms with Crippen molar-refractivity contribution in [1.29, 1.82) is 0 Å². The zero-order chi connectivity index (χ0) is 55.0. The molecule has 0 aliphatic rings. The molecule has 75 heavy (non-hydrogen) atoms. The van der Waals surface area contributed by atoms with Crippen LogP contribution in [-0.4, -0.2) is 69.4 Å². The molecule has 0 spiro atoms. The Labute approximate surface area is 466 Å². The van der Waals surface area contributed by atoms with Gasteiger partial charge in [0.1, 0.15) is 19.3 Å². The molecule has 0 aliphatic heterocycles. The molecule has 0 radical (unpaired) electrons. The smallest absolute Gasteiger partial charge is 0.306 e. The van der Waals surface area contributed by atoms with E-state index in [0.29, 0.717) is 17.4 Å². The molecule has 10 heteroatoms. The molecule has 0 fully saturated rings. The van der Waals surface area contributed by atoms with Gasteiger partial charge in [-0.25, -0.2) is 0 Å². The summed E-state index contributed by atoms with van der Waals surface area (Å²) in [7, 11) is 1.19. The Kier molecular flexibility index (Phi) is 54.7. The quantitative estimate of drug-likeness (QED) is 0.0212. The fourth-order valence-corrected chi connectivity index (χ4v) is 10.5. The Balaban J connectivity index is 5.01. The van der Waals surface area contributed by atoms with Crippen molar-refractivity contribution in [3.05, 3.63) is 24.3 Å². The lowest BCUT2D eigenvalue weighted by Gasteiger charge is -2.30. The van der Waals surface area contributed by atoms with E-state index >= 15 is 0 Å². The number of nitrogens with one attached hydrogen (secondary N) is 1. The summed E-state index contributed by atoms with van der Waals surface area (Å²) in [5.74, 6) is -0.536. The number of likely N-dealkylation sites (N-methyl/N-ethyl adjacent to an activating group) is 1. The van der Waals surface area contributed by atoms with Gasteiger partial charge in [-0.1, -0.05) is 289 Å². The minimum Gasteiger partial charge on any atom is -0.756 e. The van der Waals surface area contributed by atoms with Crippen LogP contribution in [-0.2, 0) is 27.9 Å². The van der Waals surface area contributed by atoms with E-state index in [1.165, 1.54) is 212 Å². The Hall–Kier alpha value is -1.51. The molecule has 0 heterocycles. The molecule has 1 amide bonds. The summed E-state index contributed by atoms with van der Waals surface area (Å²) in [6.45, 7) is 6.84. The number of ether oxygens (including phenoxy) is 1.